The van der Waals surface area contributed by atoms with Gasteiger partial charge in [-0.2, -0.15) is 5.10 Å². The Morgan fingerprint density at radius 1 is 1.10 bits per heavy atom. The highest BCUT2D eigenvalue weighted by Crippen LogP contribution is 2.39. The van der Waals surface area contributed by atoms with E-state index < -0.39 is 0 Å². The van der Waals surface area contributed by atoms with E-state index in [1.807, 2.05) is 17.9 Å². The number of pyridine rings is 1. The minimum atomic E-state index is -0.0888. The number of hydrogen-bond acceptors (Lipinski definition) is 3. The van der Waals surface area contributed by atoms with E-state index in [4.69, 9.17) is 0 Å². The number of benzene rings is 1. The third kappa shape index (κ3) is 4.16. The van der Waals surface area contributed by atoms with E-state index in [0.29, 0.717) is 35.7 Å². The molecule has 1 saturated heterocycles. The lowest BCUT2D eigenvalue weighted by atomic mass is 9.76. The first kappa shape index (κ1) is 20.0. The number of rotatable bonds is 5. The fourth-order valence-corrected chi connectivity index (χ4v) is 5.46. The van der Waals surface area contributed by atoms with Crippen molar-refractivity contribution in [3.05, 3.63) is 63.6 Å². The van der Waals surface area contributed by atoms with E-state index >= 15 is 0 Å². The van der Waals surface area contributed by atoms with E-state index in [9.17, 15) is 9.59 Å². The Balaban J connectivity index is 1.13. The van der Waals surface area contributed by atoms with Crippen LogP contribution in [-0.4, -0.2) is 39.1 Å². The molecule has 2 aromatic heterocycles. The average molecular weight is 419 g/mol. The van der Waals surface area contributed by atoms with Gasteiger partial charge in [-0.3, -0.25) is 14.7 Å². The van der Waals surface area contributed by atoms with Crippen LogP contribution in [0.4, 0.5) is 0 Å². The normalized spacial score (nSPS) is 21.9. The number of hydrogen-bond donors (Lipinski definition) is 2. The second kappa shape index (κ2) is 8.33. The highest BCUT2D eigenvalue weighted by atomic mass is 16.2. The van der Waals surface area contributed by atoms with E-state index in [-0.39, 0.29) is 5.56 Å². The first-order valence-corrected chi connectivity index (χ1v) is 11.5. The maximum absolute atomic E-state index is 12.7. The van der Waals surface area contributed by atoms with Gasteiger partial charge in [-0.05, 0) is 67.9 Å². The van der Waals surface area contributed by atoms with Gasteiger partial charge < -0.3 is 9.88 Å². The molecular formula is C25H30N4O2. The second-order valence-corrected chi connectivity index (χ2v) is 9.44. The zero-order chi connectivity index (χ0) is 21.4. The van der Waals surface area contributed by atoms with E-state index in [2.05, 4.69) is 39.4 Å². The van der Waals surface area contributed by atoms with Gasteiger partial charge in [-0.1, -0.05) is 30.3 Å². The quantitative estimate of drug-likeness (QED) is 0.659. The molecule has 2 N–H and O–H groups in total. The van der Waals surface area contributed by atoms with Crippen molar-refractivity contribution in [1.82, 2.24) is 20.1 Å². The molecule has 5 rings (SSSR count). The lowest BCUT2D eigenvalue weighted by Gasteiger charge is -2.40. The predicted octanol–water partition coefficient (Wildman–Crippen LogP) is 3.92. The largest absolute Gasteiger partial charge is 0.342 e. The number of carbonyl (C=O) groups is 1. The summed E-state index contributed by atoms with van der Waals surface area (Å²) >= 11 is 0. The minimum absolute atomic E-state index is 0.0888. The van der Waals surface area contributed by atoms with Gasteiger partial charge in [0.05, 0.1) is 0 Å². The van der Waals surface area contributed by atoms with E-state index in [1.54, 1.807) is 6.07 Å². The summed E-state index contributed by atoms with van der Waals surface area (Å²) in [5, 5.41) is 8.28. The molecule has 0 atom stereocenters. The van der Waals surface area contributed by atoms with Gasteiger partial charge in [-0.15, -0.1) is 0 Å². The van der Waals surface area contributed by atoms with Crippen molar-refractivity contribution >= 4 is 16.9 Å². The van der Waals surface area contributed by atoms with Crippen LogP contribution in [0.5, 0.6) is 0 Å². The van der Waals surface area contributed by atoms with Crippen molar-refractivity contribution in [2.24, 2.45) is 11.8 Å². The lowest BCUT2D eigenvalue weighted by Crippen LogP contribution is -2.51. The SMILES string of the molecule is Cc1[nH]nc2[nH]c(=O)cc(C3CCC(CC(=O)N4CC(Cc5ccccc5)C4)CC3)c12. The molecule has 0 radical (unpaired) electrons. The van der Waals surface area contributed by atoms with Crippen LogP contribution >= 0.6 is 0 Å². The fourth-order valence-electron chi connectivity index (χ4n) is 5.46. The maximum Gasteiger partial charge on any atom is 0.249 e. The summed E-state index contributed by atoms with van der Waals surface area (Å²) in [5.74, 6) is 1.74. The van der Waals surface area contributed by atoms with Crippen LogP contribution in [0.2, 0.25) is 0 Å². The van der Waals surface area contributed by atoms with Crippen LogP contribution in [0.1, 0.15) is 54.8 Å². The van der Waals surface area contributed by atoms with Crippen molar-refractivity contribution < 1.29 is 4.79 Å². The van der Waals surface area contributed by atoms with Crippen LogP contribution in [0, 0.1) is 18.8 Å². The number of nitrogens with one attached hydrogen (secondary N) is 2. The topological polar surface area (TPSA) is 81.8 Å². The van der Waals surface area contributed by atoms with Gasteiger partial charge in [0.1, 0.15) is 0 Å². The monoisotopic (exact) mass is 418 g/mol. The van der Waals surface area contributed by atoms with Crippen LogP contribution in [0.25, 0.3) is 11.0 Å². The number of carbonyl (C=O) groups excluding carboxylic acids is 1. The minimum Gasteiger partial charge on any atom is -0.342 e. The summed E-state index contributed by atoms with van der Waals surface area (Å²) in [7, 11) is 0. The Hall–Kier alpha value is -2.89. The predicted molar refractivity (Wildman–Crippen MR) is 121 cm³/mol. The molecule has 3 aromatic rings. The third-order valence-electron chi connectivity index (χ3n) is 7.19. The van der Waals surface area contributed by atoms with Crippen LogP contribution in [-0.2, 0) is 11.2 Å². The maximum atomic E-state index is 12.7. The van der Waals surface area contributed by atoms with Crippen molar-refractivity contribution in [3.8, 4) is 0 Å². The summed E-state index contributed by atoms with van der Waals surface area (Å²) in [5.41, 5.74) is 4.04. The number of H-pyrrole nitrogens is 2. The number of aryl methyl sites for hydroxylation is 1. The van der Waals surface area contributed by atoms with Gasteiger partial charge in [0.25, 0.3) is 0 Å². The lowest BCUT2D eigenvalue weighted by molar-refractivity contribution is -0.138. The van der Waals surface area contributed by atoms with Crippen LogP contribution in [0.15, 0.2) is 41.2 Å². The molecule has 1 aromatic carbocycles. The van der Waals surface area contributed by atoms with E-state index in [0.717, 1.165) is 61.8 Å². The molecular weight excluding hydrogens is 388 g/mol. The Kier molecular flexibility index (Phi) is 5.38. The molecule has 6 heteroatoms. The summed E-state index contributed by atoms with van der Waals surface area (Å²) < 4.78 is 0. The molecule has 2 aliphatic rings. The third-order valence-corrected chi connectivity index (χ3v) is 7.19. The summed E-state index contributed by atoms with van der Waals surface area (Å²) in [6.45, 7) is 3.79. The second-order valence-electron chi connectivity index (χ2n) is 9.44. The Morgan fingerprint density at radius 3 is 2.58 bits per heavy atom. The highest BCUT2D eigenvalue weighted by Gasteiger charge is 2.33. The first-order chi connectivity index (χ1) is 15.1. The van der Waals surface area contributed by atoms with Crippen molar-refractivity contribution in [3.63, 3.8) is 0 Å². The average Bonchev–Trinajstić information content (AvgIpc) is 3.11. The number of nitrogens with zero attached hydrogens (tertiary/aromatic N) is 2. The standard InChI is InChI=1S/C25H30N4O2/c1-16-24-21(13-22(30)26-25(24)28-27-16)20-9-7-18(8-10-20)12-23(31)29-14-19(15-29)11-17-5-3-2-4-6-17/h2-6,13,18-20H,7-12,14-15H2,1H3,(H2,26,27,28,30). The first-order valence-electron chi connectivity index (χ1n) is 11.5. The molecule has 3 heterocycles. The molecule has 0 bridgehead atoms. The zero-order valence-corrected chi connectivity index (χ0v) is 18.1. The van der Waals surface area contributed by atoms with Gasteiger partial charge in [0.15, 0.2) is 5.65 Å². The molecule has 31 heavy (non-hydrogen) atoms. The van der Waals surface area contributed by atoms with Gasteiger partial charge in [0, 0.05) is 36.7 Å². The number of amides is 1. The van der Waals surface area contributed by atoms with Crippen molar-refractivity contribution in [1.29, 1.82) is 0 Å². The van der Waals surface area contributed by atoms with Crippen LogP contribution < -0.4 is 5.56 Å². The Bertz CT molecular complexity index is 1120. The zero-order valence-electron chi connectivity index (χ0n) is 18.1. The molecule has 2 fully saturated rings. The molecule has 162 valence electrons. The molecule has 1 saturated carbocycles. The highest BCUT2D eigenvalue weighted by molar-refractivity contribution is 5.82. The van der Waals surface area contributed by atoms with Crippen molar-refractivity contribution in [2.45, 2.75) is 51.4 Å². The summed E-state index contributed by atoms with van der Waals surface area (Å²) in [6, 6.07) is 12.3. The van der Waals surface area contributed by atoms with E-state index in [1.165, 1.54) is 5.56 Å². The molecule has 1 amide bonds. The van der Waals surface area contributed by atoms with Gasteiger partial charge >= 0.3 is 0 Å². The molecule has 6 nitrogen and oxygen atoms in total. The number of aromatic nitrogens is 3. The number of fused-ring (bicyclic) bond motifs is 1. The van der Waals surface area contributed by atoms with Crippen molar-refractivity contribution in [2.75, 3.05) is 13.1 Å². The molecule has 1 aliphatic heterocycles. The van der Waals surface area contributed by atoms with Gasteiger partial charge in [-0.25, -0.2) is 0 Å². The molecule has 0 unspecified atom stereocenters. The smallest absolute Gasteiger partial charge is 0.249 e. The molecule has 0 spiro atoms. The molecule has 1 aliphatic carbocycles. The summed E-state index contributed by atoms with van der Waals surface area (Å²) in [4.78, 5) is 29.7. The Labute approximate surface area is 182 Å². The van der Waals surface area contributed by atoms with Gasteiger partial charge in [0.2, 0.25) is 11.5 Å². The number of aromatic amines is 2. The Morgan fingerprint density at radius 2 is 1.84 bits per heavy atom. The summed E-state index contributed by atoms with van der Waals surface area (Å²) in [6.07, 6.45) is 5.87. The van der Waals surface area contributed by atoms with Crippen LogP contribution in [0.3, 0.4) is 0 Å². The number of likely N-dealkylation sites (tertiary alicyclic amines) is 1. The fraction of sp³-hybridized carbons (Fsp3) is 0.480.